The Bertz CT molecular complexity index is 833. The van der Waals surface area contributed by atoms with Gasteiger partial charge in [-0.25, -0.2) is 9.59 Å². The van der Waals surface area contributed by atoms with Crippen LogP contribution in [0.4, 0.5) is 4.79 Å². The van der Waals surface area contributed by atoms with Gasteiger partial charge in [0.05, 0.1) is 19.8 Å². The first kappa shape index (κ1) is 33.4. The molecule has 0 aliphatic heterocycles. The Morgan fingerprint density at radius 3 is 2.05 bits per heavy atom. The van der Waals surface area contributed by atoms with Crippen LogP contribution in [0.1, 0.15) is 72.3 Å². The molecule has 0 aliphatic carbocycles. The fraction of sp³-hybridized carbons (Fsp3) is 0.630. The third-order valence-corrected chi connectivity index (χ3v) is 8.86. The highest BCUT2D eigenvalue weighted by molar-refractivity contribution is 6.62. The van der Waals surface area contributed by atoms with Crippen LogP contribution in [0, 0.1) is 0 Å². The lowest BCUT2D eigenvalue weighted by Crippen LogP contribution is -2.62. The Morgan fingerprint density at radius 1 is 0.868 bits per heavy atom. The van der Waals surface area contributed by atoms with Gasteiger partial charge in [0.25, 0.3) is 0 Å². The number of rotatable bonds is 21. The van der Waals surface area contributed by atoms with Crippen LogP contribution in [0.15, 0.2) is 24.3 Å². The molecule has 0 radical (unpaired) electrons. The minimum atomic E-state index is -3.07. The van der Waals surface area contributed by atoms with Gasteiger partial charge < -0.3 is 37.9 Å². The van der Waals surface area contributed by atoms with E-state index in [2.05, 4.69) is 5.32 Å². The summed E-state index contributed by atoms with van der Waals surface area (Å²) in [4.78, 5) is 23.2. The number of amides is 1. The van der Waals surface area contributed by atoms with E-state index in [-0.39, 0.29) is 5.67 Å². The smallest absolute Gasteiger partial charge is 0.490 e. The van der Waals surface area contributed by atoms with E-state index in [1.54, 1.807) is 18.2 Å². The van der Waals surface area contributed by atoms with E-state index in [0.717, 1.165) is 37.3 Å². The maximum atomic E-state index is 12.4. The van der Waals surface area contributed by atoms with Crippen molar-refractivity contribution in [2.24, 2.45) is 0 Å². The van der Waals surface area contributed by atoms with Gasteiger partial charge in [-0.15, -0.1) is 0 Å². The SMILES string of the molecule is CCOc1ccc(/C=C/C(=O)O)cc1OCCCCCCOC(=O)NC(CC)[Si](OCC)(OCC)OCC. The second-order valence-corrected chi connectivity index (χ2v) is 11.0. The van der Waals surface area contributed by atoms with Crippen molar-refractivity contribution in [2.75, 3.05) is 39.6 Å². The topological polar surface area (TPSA) is 122 Å². The Kier molecular flexibility index (Phi) is 17.1. The number of carbonyl (C=O) groups excluding carboxylic acids is 1. The highest BCUT2D eigenvalue weighted by Crippen LogP contribution is 2.29. The number of aliphatic carboxylic acids is 1. The van der Waals surface area contributed by atoms with Crippen LogP contribution in [0.5, 0.6) is 11.5 Å². The van der Waals surface area contributed by atoms with Crippen molar-refractivity contribution in [1.29, 1.82) is 0 Å². The summed E-state index contributed by atoms with van der Waals surface area (Å²) < 4.78 is 34.6. The van der Waals surface area contributed by atoms with Gasteiger partial charge in [0.1, 0.15) is 5.67 Å². The molecule has 0 fully saturated rings. The maximum absolute atomic E-state index is 12.4. The summed E-state index contributed by atoms with van der Waals surface area (Å²) in [6.07, 6.45) is 6.02. The predicted molar refractivity (Wildman–Crippen MR) is 147 cm³/mol. The van der Waals surface area contributed by atoms with Gasteiger partial charge >= 0.3 is 20.9 Å². The van der Waals surface area contributed by atoms with E-state index >= 15 is 0 Å². The lowest BCUT2D eigenvalue weighted by Gasteiger charge is -2.34. The predicted octanol–water partition coefficient (Wildman–Crippen LogP) is 5.21. The molecule has 0 aromatic heterocycles. The summed E-state index contributed by atoms with van der Waals surface area (Å²) >= 11 is 0. The molecule has 2 N–H and O–H groups in total. The summed E-state index contributed by atoms with van der Waals surface area (Å²) in [5, 5.41) is 11.7. The maximum Gasteiger partial charge on any atom is 0.524 e. The number of carboxylic acid groups (broad SMARTS) is 1. The summed E-state index contributed by atoms with van der Waals surface area (Å²) in [5.74, 6) is 0.190. The van der Waals surface area contributed by atoms with Crippen LogP contribution in [0.2, 0.25) is 0 Å². The fourth-order valence-electron chi connectivity index (χ4n) is 3.74. The van der Waals surface area contributed by atoms with Crippen LogP contribution in [-0.2, 0) is 22.8 Å². The van der Waals surface area contributed by atoms with Crippen molar-refractivity contribution in [3.05, 3.63) is 29.8 Å². The number of ether oxygens (including phenoxy) is 3. The van der Waals surface area contributed by atoms with Gasteiger partial charge in [0, 0.05) is 25.9 Å². The van der Waals surface area contributed by atoms with Gasteiger partial charge in [-0.3, -0.25) is 0 Å². The monoisotopic (exact) mass is 555 g/mol. The van der Waals surface area contributed by atoms with Gasteiger partial charge in [-0.1, -0.05) is 13.0 Å². The van der Waals surface area contributed by atoms with Gasteiger partial charge in [0.15, 0.2) is 11.5 Å². The number of benzene rings is 1. The first-order valence-electron chi connectivity index (χ1n) is 13.5. The molecule has 1 rings (SSSR count). The van der Waals surface area contributed by atoms with Crippen LogP contribution in [-0.4, -0.2) is 71.3 Å². The zero-order valence-corrected chi connectivity index (χ0v) is 24.5. The minimum absolute atomic E-state index is 0.308. The standard InChI is InChI=1S/C27H45NO9Si/c1-6-25(38(35-8-3,36-9-4)37-10-5)28-27(31)34-20-14-12-11-13-19-33-24-21-22(16-18-26(29)30)15-17-23(24)32-7-2/h15-18,21,25H,6-14,19-20H2,1-5H3,(H,28,31)(H,29,30)/b18-16+. The molecule has 0 heterocycles. The van der Waals surface area contributed by atoms with Crippen LogP contribution in [0.25, 0.3) is 6.08 Å². The molecule has 0 bridgehead atoms. The first-order valence-corrected chi connectivity index (χ1v) is 15.3. The van der Waals surface area contributed by atoms with E-state index in [9.17, 15) is 9.59 Å². The molecule has 0 aliphatic rings. The summed E-state index contributed by atoms with van der Waals surface area (Å²) in [5.41, 5.74) is 0.335. The normalized spacial score (nSPS) is 12.3. The lowest BCUT2D eigenvalue weighted by molar-refractivity contribution is -0.131. The average molecular weight is 556 g/mol. The van der Waals surface area contributed by atoms with Crippen molar-refractivity contribution in [3.8, 4) is 11.5 Å². The molecule has 0 saturated carbocycles. The van der Waals surface area contributed by atoms with Crippen molar-refractivity contribution in [2.45, 2.75) is 72.4 Å². The van der Waals surface area contributed by atoms with Crippen LogP contribution < -0.4 is 14.8 Å². The van der Waals surface area contributed by atoms with Gasteiger partial charge in [-0.05, 0) is 83.6 Å². The molecule has 1 aromatic rings. The molecule has 1 atom stereocenters. The van der Waals surface area contributed by atoms with Crippen molar-refractivity contribution < 1.29 is 42.2 Å². The van der Waals surface area contributed by atoms with E-state index in [0.29, 0.717) is 57.6 Å². The Labute approximate surface area is 228 Å². The zero-order chi connectivity index (χ0) is 28.2. The highest BCUT2D eigenvalue weighted by Gasteiger charge is 2.49. The third kappa shape index (κ3) is 12.3. The number of unbranched alkanes of at least 4 members (excludes halogenated alkanes) is 3. The molecule has 216 valence electrons. The molecular formula is C27H45NO9Si. The first-order chi connectivity index (χ1) is 18.3. The molecule has 38 heavy (non-hydrogen) atoms. The van der Waals surface area contributed by atoms with Crippen molar-refractivity contribution in [1.82, 2.24) is 5.32 Å². The molecule has 11 heteroatoms. The summed E-state index contributed by atoms with van der Waals surface area (Å²) in [6, 6.07) is 5.32. The van der Waals surface area contributed by atoms with Gasteiger partial charge in [-0.2, -0.15) is 0 Å². The number of nitrogens with one attached hydrogen (secondary N) is 1. The third-order valence-electron chi connectivity index (χ3n) is 5.38. The van der Waals surface area contributed by atoms with E-state index < -0.39 is 20.9 Å². The molecule has 1 amide bonds. The number of alkyl carbamates (subject to hydrolysis) is 1. The quantitative estimate of drug-likeness (QED) is 0.119. The summed E-state index contributed by atoms with van der Waals surface area (Å²) in [7, 11) is -3.07. The second kappa shape index (κ2) is 19.5. The molecular weight excluding hydrogens is 510 g/mol. The fourth-order valence-corrected chi connectivity index (χ4v) is 6.60. The number of hydrogen-bond donors (Lipinski definition) is 2. The molecule has 0 saturated heterocycles. The average Bonchev–Trinajstić information content (AvgIpc) is 2.89. The number of hydrogen-bond acceptors (Lipinski definition) is 8. The van der Waals surface area contributed by atoms with Crippen molar-refractivity contribution in [3.63, 3.8) is 0 Å². The molecule has 10 nitrogen and oxygen atoms in total. The highest BCUT2D eigenvalue weighted by atomic mass is 28.4. The van der Waals surface area contributed by atoms with E-state index in [1.807, 2.05) is 34.6 Å². The molecule has 0 spiro atoms. The molecule has 1 aromatic carbocycles. The van der Waals surface area contributed by atoms with E-state index in [4.69, 9.17) is 32.6 Å². The second-order valence-electron chi connectivity index (χ2n) is 8.22. The molecule has 1 unspecified atom stereocenters. The number of carboxylic acids is 1. The number of carbonyl (C=O) groups is 2. The van der Waals surface area contributed by atoms with Crippen LogP contribution in [0.3, 0.4) is 0 Å². The van der Waals surface area contributed by atoms with Crippen molar-refractivity contribution >= 4 is 26.9 Å². The van der Waals surface area contributed by atoms with Crippen LogP contribution >= 0.6 is 0 Å². The van der Waals surface area contributed by atoms with E-state index in [1.165, 1.54) is 6.08 Å². The largest absolute Gasteiger partial charge is 0.524 e. The summed E-state index contributed by atoms with van der Waals surface area (Å²) in [6.45, 7) is 12.1. The Hall–Kier alpha value is -2.60. The van der Waals surface area contributed by atoms with Gasteiger partial charge in [0.2, 0.25) is 0 Å². The minimum Gasteiger partial charge on any atom is -0.490 e. The Morgan fingerprint density at radius 2 is 1.50 bits per heavy atom. The Balaban J connectivity index is 2.43. The zero-order valence-electron chi connectivity index (χ0n) is 23.5. The lowest BCUT2D eigenvalue weighted by atomic mass is 10.2.